The second kappa shape index (κ2) is 4.24. The topological polar surface area (TPSA) is 23.6 Å². The summed E-state index contributed by atoms with van der Waals surface area (Å²) < 4.78 is 0.914. The quantitative estimate of drug-likeness (QED) is 0.744. The molecule has 0 spiro atoms. The van der Waals surface area contributed by atoms with Crippen molar-refractivity contribution < 1.29 is 4.79 Å². The van der Waals surface area contributed by atoms with Gasteiger partial charge in [-0.2, -0.15) is 0 Å². The van der Waals surface area contributed by atoms with E-state index < -0.39 is 0 Å². The number of likely N-dealkylation sites (tertiary alicyclic amines) is 1. The Bertz CT molecular complexity index is 230. The van der Waals surface area contributed by atoms with Crippen LogP contribution in [0.4, 0.5) is 0 Å². The first-order valence-corrected chi connectivity index (χ1v) is 5.10. The third-order valence-electron chi connectivity index (χ3n) is 2.35. The van der Waals surface area contributed by atoms with Crippen LogP contribution in [0, 0.1) is 0 Å². The third kappa shape index (κ3) is 2.54. The Hall–Kier alpha value is -0.350. The van der Waals surface area contributed by atoms with Gasteiger partial charge in [0.25, 0.3) is 0 Å². The van der Waals surface area contributed by atoms with Crippen LogP contribution in [0.1, 0.15) is 6.42 Å². The molecule has 0 aromatic heterocycles. The minimum Gasteiger partial charge on any atom is -0.344 e. The Morgan fingerprint density at radius 1 is 1.85 bits per heavy atom. The van der Waals surface area contributed by atoms with Crippen LogP contribution in [0.3, 0.4) is 0 Å². The molecule has 0 aromatic rings. The van der Waals surface area contributed by atoms with Crippen molar-refractivity contribution in [3.63, 3.8) is 0 Å². The van der Waals surface area contributed by atoms with Gasteiger partial charge in [0.05, 0.1) is 6.04 Å². The Balaban J connectivity index is 2.53. The highest BCUT2D eigenvalue weighted by Crippen LogP contribution is 2.16. The van der Waals surface area contributed by atoms with E-state index in [1.165, 1.54) is 0 Å². The van der Waals surface area contributed by atoms with Crippen molar-refractivity contribution >= 4 is 21.8 Å². The lowest BCUT2D eigenvalue weighted by Crippen LogP contribution is -2.38. The van der Waals surface area contributed by atoms with Crippen molar-refractivity contribution in [2.75, 3.05) is 27.2 Å². The highest BCUT2D eigenvalue weighted by atomic mass is 79.9. The van der Waals surface area contributed by atoms with Gasteiger partial charge < -0.3 is 4.90 Å². The Morgan fingerprint density at radius 2 is 2.46 bits per heavy atom. The Labute approximate surface area is 87.5 Å². The van der Waals surface area contributed by atoms with Crippen LogP contribution in [-0.4, -0.2) is 48.9 Å². The molecule has 1 aliphatic rings. The largest absolute Gasteiger partial charge is 0.344 e. The van der Waals surface area contributed by atoms with E-state index in [1.54, 1.807) is 4.90 Å². The second-order valence-electron chi connectivity index (χ2n) is 3.50. The molecule has 1 atom stereocenters. The fourth-order valence-corrected chi connectivity index (χ4v) is 1.99. The minimum absolute atomic E-state index is 0.0410. The van der Waals surface area contributed by atoms with Gasteiger partial charge in [0.15, 0.2) is 0 Å². The SMILES string of the molecule is C=C(Br)CN(C)[C@H]1CCN(C)C1=O. The van der Waals surface area contributed by atoms with E-state index in [9.17, 15) is 4.79 Å². The van der Waals surface area contributed by atoms with Crippen molar-refractivity contribution in [2.24, 2.45) is 0 Å². The predicted octanol–water partition coefficient (Wildman–Crippen LogP) is 1.06. The molecule has 13 heavy (non-hydrogen) atoms. The third-order valence-corrected chi connectivity index (χ3v) is 2.60. The molecule has 0 saturated carbocycles. The Morgan fingerprint density at radius 3 is 2.85 bits per heavy atom. The summed E-state index contributed by atoms with van der Waals surface area (Å²) in [6, 6.07) is 0.0410. The summed E-state index contributed by atoms with van der Waals surface area (Å²) in [5.41, 5.74) is 0. The molecule has 74 valence electrons. The highest BCUT2D eigenvalue weighted by molar-refractivity contribution is 9.11. The summed E-state index contributed by atoms with van der Waals surface area (Å²) in [7, 11) is 3.80. The van der Waals surface area contributed by atoms with Crippen molar-refractivity contribution in [1.82, 2.24) is 9.80 Å². The zero-order valence-corrected chi connectivity index (χ0v) is 9.67. The molecule has 0 aliphatic carbocycles. The van der Waals surface area contributed by atoms with Gasteiger partial charge in [0.1, 0.15) is 0 Å². The first kappa shape index (κ1) is 10.7. The van der Waals surface area contributed by atoms with Crippen LogP contribution in [0.15, 0.2) is 11.1 Å². The molecule has 3 nitrogen and oxygen atoms in total. The standard InChI is InChI=1S/C9H15BrN2O/c1-7(10)6-12(3)8-4-5-11(2)9(8)13/h8H,1,4-6H2,2-3H3/t8-/m0/s1. The molecule has 0 unspecified atom stereocenters. The maximum Gasteiger partial charge on any atom is 0.239 e. The van der Waals surface area contributed by atoms with Crippen LogP contribution in [0.25, 0.3) is 0 Å². The summed E-state index contributed by atoms with van der Waals surface area (Å²) in [6.07, 6.45) is 0.923. The fraction of sp³-hybridized carbons (Fsp3) is 0.667. The summed E-state index contributed by atoms with van der Waals surface area (Å²) in [5.74, 6) is 0.219. The van der Waals surface area contributed by atoms with E-state index in [-0.39, 0.29) is 11.9 Å². The lowest BCUT2D eigenvalue weighted by Gasteiger charge is -2.22. The van der Waals surface area contributed by atoms with E-state index in [4.69, 9.17) is 0 Å². The van der Waals surface area contributed by atoms with E-state index in [2.05, 4.69) is 22.5 Å². The van der Waals surface area contributed by atoms with Crippen molar-refractivity contribution in [1.29, 1.82) is 0 Å². The maximum absolute atomic E-state index is 11.6. The van der Waals surface area contributed by atoms with E-state index in [1.807, 2.05) is 19.0 Å². The van der Waals surface area contributed by atoms with Crippen molar-refractivity contribution in [3.8, 4) is 0 Å². The molecule has 1 heterocycles. The van der Waals surface area contributed by atoms with Gasteiger partial charge in [-0.15, -0.1) is 0 Å². The molecule has 1 rings (SSSR count). The molecule has 0 bridgehead atoms. The molecule has 1 fully saturated rings. The van der Waals surface area contributed by atoms with Gasteiger partial charge in [0.2, 0.25) is 5.91 Å². The smallest absolute Gasteiger partial charge is 0.239 e. The van der Waals surface area contributed by atoms with Crippen molar-refractivity contribution in [3.05, 3.63) is 11.1 Å². The molecule has 0 N–H and O–H groups in total. The molecular weight excluding hydrogens is 232 g/mol. The van der Waals surface area contributed by atoms with E-state index >= 15 is 0 Å². The number of halogens is 1. The minimum atomic E-state index is 0.0410. The molecule has 1 amide bonds. The number of likely N-dealkylation sites (N-methyl/N-ethyl adjacent to an activating group) is 2. The summed E-state index contributed by atoms with van der Waals surface area (Å²) in [5, 5.41) is 0. The lowest BCUT2D eigenvalue weighted by atomic mass is 10.2. The van der Waals surface area contributed by atoms with Crippen LogP contribution in [-0.2, 0) is 4.79 Å². The number of carbonyl (C=O) groups is 1. The lowest BCUT2D eigenvalue weighted by molar-refractivity contribution is -0.130. The number of carbonyl (C=O) groups excluding carboxylic acids is 1. The summed E-state index contributed by atoms with van der Waals surface area (Å²) >= 11 is 3.30. The van der Waals surface area contributed by atoms with E-state index in [0.29, 0.717) is 0 Å². The molecule has 1 aliphatic heterocycles. The molecule has 0 radical (unpaired) electrons. The number of amides is 1. The average molecular weight is 247 g/mol. The fourth-order valence-electron chi connectivity index (χ4n) is 1.59. The number of rotatable bonds is 3. The zero-order chi connectivity index (χ0) is 10.0. The monoisotopic (exact) mass is 246 g/mol. The predicted molar refractivity (Wildman–Crippen MR) is 56.7 cm³/mol. The van der Waals surface area contributed by atoms with Crippen LogP contribution in [0.2, 0.25) is 0 Å². The maximum atomic E-state index is 11.6. The summed E-state index contributed by atoms with van der Waals surface area (Å²) in [4.78, 5) is 15.4. The van der Waals surface area contributed by atoms with Gasteiger partial charge in [-0.05, 0) is 13.5 Å². The van der Waals surface area contributed by atoms with Crippen LogP contribution >= 0.6 is 15.9 Å². The van der Waals surface area contributed by atoms with Crippen molar-refractivity contribution in [2.45, 2.75) is 12.5 Å². The summed E-state index contributed by atoms with van der Waals surface area (Å²) in [6.45, 7) is 5.35. The van der Waals surface area contributed by atoms with Gasteiger partial charge in [-0.3, -0.25) is 9.69 Å². The molecular formula is C9H15BrN2O. The highest BCUT2D eigenvalue weighted by Gasteiger charge is 2.31. The molecule has 1 saturated heterocycles. The number of nitrogens with zero attached hydrogens (tertiary/aromatic N) is 2. The van der Waals surface area contributed by atoms with Gasteiger partial charge in [-0.1, -0.05) is 22.5 Å². The zero-order valence-electron chi connectivity index (χ0n) is 8.09. The van der Waals surface area contributed by atoms with Crippen LogP contribution in [0.5, 0.6) is 0 Å². The number of hydrogen-bond donors (Lipinski definition) is 0. The normalized spacial score (nSPS) is 22.9. The number of hydrogen-bond acceptors (Lipinski definition) is 2. The van der Waals surface area contributed by atoms with Gasteiger partial charge >= 0.3 is 0 Å². The molecule has 4 heteroatoms. The average Bonchev–Trinajstić information content (AvgIpc) is 2.31. The van der Waals surface area contributed by atoms with Gasteiger partial charge in [0, 0.05) is 24.6 Å². The van der Waals surface area contributed by atoms with Gasteiger partial charge in [-0.25, -0.2) is 0 Å². The van der Waals surface area contributed by atoms with E-state index in [0.717, 1.165) is 24.0 Å². The second-order valence-corrected chi connectivity index (χ2v) is 4.62. The first-order chi connectivity index (χ1) is 6.02. The first-order valence-electron chi connectivity index (χ1n) is 4.31. The van der Waals surface area contributed by atoms with Crippen LogP contribution < -0.4 is 0 Å². The Kier molecular flexibility index (Phi) is 3.50. The molecule has 0 aromatic carbocycles.